The number of carbonyl (C=O) groups is 4. The summed E-state index contributed by atoms with van der Waals surface area (Å²) in [5.41, 5.74) is 3.10. The fourth-order valence-electron chi connectivity index (χ4n) is 12.7. The molecule has 4 fully saturated rings. The van der Waals surface area contributed by atoms with Crippen LogP contribution < -0.4 is 30.7 Å². The molecule has 2 amide bonds. The predicted octanol–water partition coefficient (Wildman–Crippen LogP) is 7.98. The number of ether oxygens (including phenoxy) is 4. The molecule has 2 aromatic carbocycles. The molecule has 18 nitrogen and oxygen atoms in total. The number of aromatic amines is 1. The molecule has 2 atom stereocenters. The van der Waals surface area contributed by atoms with Gasteiger partial charge in [-0.15, -0.1) is 0 Å². The van der Waals surface area contributed by atoms with Crippen molar-refractivity contribution in [2.75, 3.05) is 66.7 Å². The molecule has 0 unspecified atom stereocenters. The molecule has 448 valence electrons. The molecule has 2 saturated heterocycles. The summed E-state index contributed by atoms with van der Waals surface area (Å²) in [4.78, 5) is 69.8. The van der Waals surface area contributed by atoms with Gasteiger partial charge in [0.1, 0.15) is 23.6 Å². The van der Waals surface area contributed by atoms with E-state index in [4.69, 9.17) is 43.4 Å². The fraction of sp³-hybridized carbons (Fsp3) is 0.613. The van der Waals surface area contributed by atoms with Crippen molar-refractivity contribution in [1.29, 1.82) is 0 Å². The van der Waals surface area contributed by atoms with E-state index in [-0.39, 0.29) is 23.8 Å². The largest absolute Gasteiger partial charge is 0.497 e. The van der Waals surface area contributed by atoms with Crippen LogP contribution >= 0.6 is 24.4 Å². The van der Waals surface area contributed by atoms with Crippen LogP contribution in [0.5, 0.6) is 11.5 Å². The van der Waals surface area contributed by atoms with Crippen molar-refractivity contribution >= 4 is 58.4 Å². The van der Waals surface area contributed by atoms with Crippen molar-refractivity contribution in [1.82, 2.24) is 50.6 Å². The van der Waals surface area contributed by atoms with Gasteiger partial charge >= 0.3 is 11.9 Å². The Hall–Kier alpha value is -6.28. The van der Waals surface area contributed by atoms with Crippen LogP contribution in [0.25, 0.3) is 0 Å². The second kappa shape index (κ2) is 32.0. The Morgan fingerprint density at radius 3 is 1.50 bits per heavy atom. The number of benzene rings is 2. The molecule has 0 radical (unpaired) electrons. The topological polar surface area (TPSA) is 206 Å². The van der Waals surface area contributed by atoms with Crippen LogP contribution in [0.1, 0.15) is 133 Å². The highest BCUT2D eigenvalue weighted by atomic mass is 32.1. The number of imidazole rings is 2. The van der Waals surface area contributed by atoms with E-state index in [1.165, 1.54) is 12.8 Å². The number of nitrogens with one attached hydrogen (secondary N) is 5. The number of hydrogen-bond acceptors (Lipinski definition) is 12. The smallest absolute Gasteiger partial charge is 0.312 e. The highest BCUT2D eigenvalue weighted by molar-refractivity contribution is 7.80. The third kappa shape index (κ3) is 17.6. The molecule has 2 aliphatic carbocycles. The number of aryl methyl sites for hydroxylation is 2. The van der Waals surface area contributed by atoms with Gasteiger partial charge in [0.15, 0.2) is 10.2 Å². The number of piperidine rings is 2. The lowest BCUT2D eigenvalue weighted by Crippen LogP contribution is -2.56. The Balaban J connectivity index is 0.000000236. The lowest BCUT2D eigenvalue weighted by molar-refractivity contribution is -0.166. The van der Waals surface area contributed by atoms with E-state index >= 15 is 0 Å². The summed E-state index contributed by atoms with van der Waals surface area (Å²) in [6.45, 7) is 7.95. The zero-order valence-electron chi connectivity index (χ0n) is 49.1. The molecular weight excluding hydrogens is 1080 g/mol. The van der Waals surface area contributed by atoms with E-state index in [1.54, 1.807) is 26.9 Å². The summed E-state index contributed by atoms with van der Waals surface area (Å²) in [6.07, 6.45) is 24.6. The number of hydrogen-bond donors (Lipinski definition) is 5. The van der Waals surface area contributed by atoms with Crippen molar-refractivity contribution < 1.29 is 38.1 Å². The van der Waals surface area contributed by atoms with Crippen molar-refractivity contribution in [3.8, 4) is 11.5 Å². The average molecular weight is 1170 g/mol. The number of methoxy groups -OCH3 is 2. The average Bonchev–Trinajstić information content (AvgIpc) is 4.26. The first-order chi connectivity index (χ1) is 39.8. The van der Waals surface area contributed by atoms with Gasteiger partial charge in [0.05, 0.1) is 56.6 Å². The normalized spacial score (nSPS) is 17.9. The molecule has 2 saturated carbocycles. The molecule has 20 heteroatoms. The monoisotopic (exact) mass is 1170 g/mol. The molecule has 2 aromatic heterocycles. The third-order valence-electron chi connectivity index (χ3n) is 17.4. The van der Waals surface area contributed by atoms with Crippen molar-refractivity contribution in [3.63, 3.8) is 0 Å². The van der Waals surface area contributed by atoms with E-state index < -0.39 is 22.9 Å². The van der Waals surface area contributed by atoms with E-state index in [0.717, 1.165) is 105 Å². The van der Waals surface area contributed by atoms with Gasteiger partial charge in [-0.05, 0) is 150 Å². The van der Waals surface area contributed by atoms with Gasteiger partial charge in [0, 0.05) is 83.7 Å². The Labute approximate surface area is 496 Å². The molecule has 2 aliphatic heterocycles. The summed E-state index contributed by atoms with van der Waals surface area (Å²) < 4.78 is 23.7. The number of thiocarbonyl (C=S) groups is 2. The van der Waals surface area contributed by atoms with Gasteiger partial charge < -0.3 is 59.6 Å². The number of aromatic nitrogens is 4. The number of H-pyrrole nitrogens is 1. The molecule has 0 spiro atoms. The summed E-state index contributed by atoms with van der Waals surface area (Å²) in [7, 11) is 5.22. The minimum absolute atomic E-state index is 0.00327. The number of rotatable bonds is 23. The van der Waals surface area contributed by atoms with Crippen molar-refractivity contribution in [2.24, 2.45) is 29.7 Å². The van der Waals surface area contributed by atoms with E-state index in [2.05, 4.69) is 36.2 Å². The van der Waals surface area contributed by atoms with Crippen LogP contribution in [-0.2, 0) is 61.4 Å². The molecule has 0 bridgehead atoms. The highest BCUT2D eigenvalue weighted by Gasteiger charge is 2.51. The number of carbonyl (C=O) groups excluding carboxylic acids is 4. The SMILES string of the molecule is CCOC(=O)C1(C2CCCCC2)CCN(C(=O)[C@@H](Cc2ccc(OC)cc2)NC(=S)NCCCc2cnc[nH]2)CC1.CCOC(=O)C1(C2CCCCC2)CCN(C(=O)[C@@H](Cc2ccc(OC)cc2)NC(=S)NCCc2cn(C)cn2)CC1. The van der Waals surface area contributed by atoms with E-state index in [1.807, 2.05) is 96.2 Å². The first-order valence-electron chi connectivity index (χ1n) is 30.0. The highest BCUT2D eigenvalue weighted by Crippen LogP contribution is 2.48. The van der Waals surface area contributed by atoms with Gasteiger partial charge in [0.25, 0.3) is 0 Å². The summed E-state index contributed by atoms with van der Waals surface area (Å²) in [5.74, 6) is 2.05. The van der Waals surface area contributed by atoms with E-state index in [0.29, 0.717) is 113 Å². The first kappa shape index (κ1) is 63.3. The van der Waals surface area contributed by atoms with Gasteiger partial charge in [0.2, 0.25) is 11.8 Å². The Morgan fingerprint density at radius 2 is 1.11 bits per heavy atom. The summed E-state index contributed by atoms with van der Waals surface area (Å²) >= 11 is 11.2. The first-order valence-corrected chi connectivity index (χ1v) is 30.8. The zero-order chi connectivity index (χ0) is 58.3. The minimum Gasteiger partial charge on any atom is -0.497 e. The Kier molecular flexibility index (Phi) is 24.7. The molecule has 8 rings (SSSR count). The standard InChI is InChI=1S/2C31H45N5O4S/c1-4-40-29(38)31(24-8-6-5-7-9-24)15-18-36(19-16-31)28(37)27(20-23-10-12-26(39-3)13-11-23)34-30(41)32-17-14-25-21-35(2)22-33-25;1-3-40-29(38)31(24-8-5-4-6-9-24)15-18-36(19-16-31)28(37)27(20-23-11-13-26(39-2)14-12-23)35-30(41)33-17-7-10-25-21-32-22-34-25/h10-13,21-22,24,27H,4-9,14-20H2,1-3H3,(H2,32,34,41);11-14,21-22,24,27H,3-10,15-20H2,1-2H3,(H,32,34)(H2,33,35,41)/t2*27-/m11/s1. The second-order valence-corrected chi connectivity index (χ2v) is 23.4. The number of nitrogens with zero attached hydrogens (tertiary/aromatic N) is 5. The fourth-order valence-corrected chi connectivity index (χ4v) is 13.2. The molecule has 4 heterocycles. The van der Waals surface area contributed by atoms with Crippen LogP contribution in [0.4, 0.5) is 0 Å². The predicted molar refractivity (Wildman–Crippen MR) is 325 cm³/mol. The van der Waals surface area contributed by atoms with Crippen LogP contribution in [0.3, 0.4) is 0 Å². The Morgan fingerprint density at radius 1 is 0.659 bits per heavy atom. The third-order valence-corrected chi connectivity index (χ3v) is 17.9. The van der Waals surface area contributed by atoms with Gasteiger partial charge in [-0.3, -0.25) is 19.2 Å². The molecule has 4 aromatic rings. The summed E-state index contributed by atoms with van der Waals surface area (Å²) in [5, 5.41) is 14.0. The van der Waals surface area contributed by atoms with Crippen LogP contribution in [0, 0.1) is 22.7 Å². The van der Waals surface area contributed by atoms with Crippen molar-refractivity contribution in [3.05, 3.63) is 96.1 Å². The minimum atomic E-state index is -0.539. The number of amides is 2. The number of likely N-dealkylation sites (tertiary alicyclic amines) is 2. The van der Waals surface area contributed by atoms with E-state index in [9.17, 15) is 19.2 Å². The quantitative estimate of drug-likeness (QED) is 0.0271. The van der Waals surface area contributed by atoms with Crippen LogP contribution in [0.15, 0.2) is 73.6 Å². The lowest BCUT2D eigenvalue weighted by Gasteiger charge is -2.46. The Bertz CT molecular complexity index is 2620. The van der Waals surface area contributed by atoms with Crippen LogP contribution in [-0.4, -0.2) is 142 Å². The zero-order valence-corrected chi connectivity index (χ0v) is 50.8. The molecular formula is C62H90N10O8S2. The summed E-state index contributed by atoms with van der Waals surface area (Å²) in [6, 6.07) is 14.5. The maximum Gasteiger partial charge on any atom is 0.312 e. The van der Waals surface area contributed by atoms with Gasteiger partial charge in [-0.2, -0.15) is 0 Å². The molecule has 4 aliphatic rings. The van der Waals surface area contributed by atoms with Gasteiger partial charge in [-0.1, -0.05) is 62.8 Å². The maximum absolute atomic E-state index is 14.0. The second-order valence-electron chi connectivity index (χ2n) is 22.5. The molecule has 5 N–H and O–H groups in total. The lowest BCUT2D eigenvalue weighted by atomic mass is 9.63. The van der Waals surface area contributed by atoms with Gasteiger partial charge in [-0.25, -0.2) is 9.97 Å². The maximum atomic E-state index is 14.0. The van der Waals surface area contributed by atoms with Crippen molar-refractivity contribution in [2.45, 2.75) is 148 Å². The molecule has 82 heavy (non-hydrogen) atoms. The number of esters is 2. The van der Waals surface area contributed by atoms with Crippen LogP contribution in [0.2, 0.25) is 0 Å².